The van der Waals surface area contributed by atoms with Crippen molar-refractivity contribution in [1.82, 2.24) is 4.98 Å². The van der Waals surface area contributed by atoms with Gasteiger partial charge in [0.25, 0.3) is 0 Å². The molecule has 0 aliphatic rings. The molecule has 1 aromatic carbocycles. The Morgan fingerprint density at radius 2 is 2.12 bits per heavy atom. The molecule has 17 heavy (non-hydrogen) atoms. The Hall–Kier alpha value is -0.850. The Bertz CT molecular complexity index is 544. The fraction of sp³-hybridized carbons (Fsp3) is 0.182. The van der Waals surface area contributed by atoms with Crippen molar-refractivity contribution in [3.05, 3.63) is 39.3 Å². The average molecular weight is 320 g/mol. The fourth-order valence-corrected chi connectivity index (χ4v) is 3.07. The van der Waals surface area contributed by atoms with Gasteiger partial charge in [0.05, 0.1) is 0 Å². The number of halogens is 3. The topological polar surface area (TPSA) is 33.1 Å². The molecule has 1 heterocycles. The summed E-state index contributed by atoms with van der Waals surface area (Å²) in [7, 11) is 0. The zero-order valence-corrected chi connectivity index (χ0v) is 11.0. The van der Waals surface area contributed by atoms with Crippen molar-refractivity contribution >= 4 is 27.3 Å². The van der Waals surface area contributed by atoms with E-state index in [2.05, 4.69) is 20.9 Å². The molecule has 0 amide bonds. The molecule has 6 heteroatoms. The summed E-state index contributed by atoms with van der Waals surface area (Å²) in [5.41, 5.74) is 0.265. The number of thiazole rings is 1. The van der Waals surface area contributed by atoms with Gasteiger partial charge in [0.1, 0.15) is 21.2 Å². The predicted octanol–water partition coefficient (Wildman–Crippen LogP) is 3.39. The van der Waals surface area contributed by atoms with Crippen molar-refractivity contribution in [2.24, 2.45) is 0 Å². The number of rotatable bonds is 3. The maximum absolute atomic E-state index is 13.5. The second kappa shape index (κ2) is 5.20. The van der Waals surface area contributed by atoms with Crippen LogP contribution in [0.2, 0.25) is 0 Å². The van der Waals surface area contributed by atoms with Gasteiger partial charge in [0.15, 0.2) is 0 Å². The molecule has 2 rings (SSSR count). The van der Waals surface area contributed by atoms with Gasteiger partial charge in [-0.1, -0.05) is 0 Å². The van der Waals surface area contributed by atoms with Gasteiger partial charge >= 0.3 is 0 Å². The highest BCUT2D eigenvalue weighted by atomic mass is 79.9. The number of aromatic nitrogens is 1. The van der Waals surface area contributed by atoms with Gasteiger partial charge in [0, 0.05) is 29.5 Å². The van der Waals surface area contributed by atoms with Gasteiger partial charge in [-0.2, -0.15) is 0 Å². The van der Waals surface area contributed by atoms with Crippen LogP contribution >= 0.6 is 27.3 Å². The minimum Gasteiger partial charge on any atom is -0.396 e. The molecule has 2 nitrogen and oxygen atoms in total. The van der Waals surface area contributed by atoms with Crippen LogP contribution in [-0.2, 0) is 6.42 Å². The van der Waals surface area contributed by atoms with E-state index in [-0.39, 0.29) is 12.2 Å². The molecule has 1 N–H and O–H groups in total. The van der Waals surface area contributed by atoms with E-state index < -0.39 is 11.6 Å². The summed E-state index contributed by atoms with van der Waals surface area (Å²) in [6.07, 6.45) is 0.459. The van der Waals surface area contributed by atoms with E-state index in [1.807, 2.05) is 0 Å². The maximum Gasteiger partial charge on any atom is 0.136 e. The van der Waals surface area contributed by atoms with Crippen LogP contribution in [-0.4, -0.2) is 16.7 Å². The highest BCUT2D eigenvalue weighted by Crippen LogP contribution is 2.32. The lowest BCUT2D eigenvalue weighted by atomic mass is 10.2. The number of aliphatic hydroxyl groups is 1. The maximum atomic E-state index is 13.5. The van der Waals surface area contributed by atoms with Crippen LogP contribution < -0.4 is 0 Å². The lowest BCUT2D eigenvalue weighted by molar-refractivity contribution is 0.300. The summed E-state index contributed by atoms with van der Waals surface area (Å²) in [4.78, 5) is 4.99. The van der Waals surface area contributed by atoms with Crippen LogP contribution in [0.3, 0.4) is 0 Å². The molecule has 0 radical (unpaired) electrons. The Balaban J connectivity index is 2.42. The van der Waals surface area contributed by atoms with Crippen LogP contribution in [0.25, 0.3) is 10.6 Å². The molecule has 0 fully saturated rings. The molecule has 0 aliphatic carbocycles. The second-order valence-electron chi connectivity index (χ2n) is 3.33. The first-order valence-corrected chi connectivity index (χ1v) is 6.44. The van der Waals surface area contributed by atoms with E-state index in [1.165, 1.54) is 23.5 Å². The minimum absolute atomic E-state index is 0.00608. The lowest BCUT2D eigenvalue weighted by Gasteiger charge is -1.98. The van der Waals surface area contributed by atoms with Crippen LogP contribution in [0.4, 0.5) is 8.78 Å². The Kier molecular flexibility index (Phi) is 3.86. The Morgan fingerprint density at radius 3 is 2.76 bits per heavy atom. The lowest BCUT2D eigenvalue weighted by Crippen LogP contribution is -1.86. The summed E-state index contributed by atoms with van der Waals surface area (Å²) in [6, 6.07) is 3.38. The van der Waals surface area contributed by atoms with Crippen molar-refractivity contribution in [3.8, 4) is 10.6 Å². The highest BCUT2D eigenvalue weighted by Gasteiger charge is 2.13. The van der Waals surface area contributed by atoms with Gasteiger partial charge in [-0.05, 0) is 28.1 Å². The SMILES string of the molecule is OCCc1sc(-c2ccc(F)cc2F)nc1Br. The molecule has 0 atom stereocenters. The molecule has 0 unspecified atom stereocenters. The third kappa shape index (κ3) is 2.70. The Labute approximate surface area is 109 Å². The summed E-state index contributed by atoms with van der Waals surface area (Å²) in [5.74, 6) is -1.25. The average Bonchev–Trinajstić information content (AvgIpc) is 2.60. The Morgan fingerprint density at radius 1 is 1.35 bits per heavy atom. The molecular weight excluding hydrogens is 312 g/mol. The van der Waals surface area contributed by atoms with E-state index in [0.717, 1.165) is 10.9 Å². The van der Waals surface area contributed by atoms with Crippen LogP contribution in [0.5, 0.6) is 0 Å². The van der Waals surface area contributed by atoms with Crippen molar-refractivity contribution in [1.29, 1.82) is 0 Å². The number of hydrogen-bond donors (Lipinski definition) is 1. The van der Waals surface area contributed by atoms with Crippen LogP contribution in [0, 0.1) is 11.6 Å². The number of benzene rings is 1. The summed E-state index contributed by atoms with van der Waals surface area (Å²) < 4.78 is 26.9. The predicted molar refractivity (Wildman–Crippen MR) is 66.0 cm³/mol. The van der Waals surface area contributed by atoms with Crippen molar-refractivity contribution in [2.45, 2.75) is 6.42 Å². The van der Waals surface area contributed by atoms with E-state index in [1.54, 1.807) is 0 Å². The van der Waals surface area contributed by atoms with E-state index in [9.17, 15) is 8.78 Å². The normalized spacial score (nSPS) is 10.8. The van der Waals surface area contributed by atoms with Crippen molar-refractivity contribution < 1.29 is 13.9 Å². The van der Waals surface area contributed by atoms with Crippen molar-refractivity contribution in [3.63, 3.8) is 0 Å². The largest absolute Gasteiger partial charge is 0.396 e. The van der Waals surface area contributed by atoms with Gasteiger partial charge in [-0.3, -0.25) is 0 Å². The zero-order valence-electron chi connectivity index (χ0n) is 8.58. The molecule has 0 bridgehead atoms. The number of nitrogens with zero attached hydrogens (tertiary/aromatic N) is 1. The third-order valence-corrected chi connectivity index (χ3v) is 4.22. The molecule has 90 valence electrons. The molecule has 1 aromatic heterocycles. The monoisotopic (exact) mass is 319 g/mol. The van der Waals surface area contributed by atoms with Gasteiger partial charge < -0.3 is 5.11 Å². The van der Waals surface area contributed by atoms with E-state index in [0.29, 0.717) is 16.0 Å². The molecular formula is C11H8BrF2NOS. The standard InChI is InChI=1S/C11H8BrF2NOS/c12-10-9(3-4-16)17-11(15-10)7-2-1-6(13)5-8(7)14/h1-2,5,16H,3-4H2. The minimum atomic E-state index is -0.637. The highest BCUT2D eigenvalue weighted by molar-refractivity contribution is 9.10. The van der Waals surface area contributed by atoms with Crippen LogP contribution in [0.15, 0.2) is 22.8 Å². The summed E-state index contributed by atoms with van der Waals surface area (Å²) in [6.45, 7) is 0.00608. The summed E-state index contributed by atoms with van der Waals surface area (Å²) >= 11 is 4.52. The van der Waals surface area contributed by atoms with Gasteiger partial charge in [-0.15, -0.1) is 11.3 Å². The van der Waals surface area contributed by atoms with E-state index in [4.69, 9.17) is 5.11 Å². The van der Waals surface area contributed by atoms with E-state index >= 15 is 0 Å². The number of hydrogen-bond acceptors (Lipinski definition) is 3. The van der Waals surface area contributed by atoms with Gasteiger partial charge in [0.2, 0.25) is 0 Å². The van der Waals surface area contributed by atoms with Crippen LogP contribution in [0.1, 0.15) is 4.88 Å². The first-order chi connectivity index (χ1) is 8.11. The molecule has 0 aliphatic heterocycles. The zero-order chi connectivity index (χ0) is 12.4. The fourth-order valence-electron chi connectivity index (χ4n) is 1.37. The quantitative estimate of drug-likeness (QED) is 0.940. The molecule has 0 saturated heterocycles. The molecule has 0 saturated carbocycles. The third-order valence-electron chi connectivity index (χ3n) is 2.15. The molecule has 2 aromatic rings. The molecule has 0 spiro atoms. The summed E-state index contributed by atoms with van der Waals surface area (Å²) in [5, 5.41) is 9.32. The van der Waals surface area contributed by atoms with Crippen molar-refractivity contribution in [2.75, 3.05) is 6.61 Å². The number of aliphatic hydroxyl groups excluding tert-OH is 1. The smallest absolute Gasteiger partial charge is 0.136 e. The first-order valence-electron chi connectivity index (χ1n) is 4.83. The first kappa shape index (κ1) is 12.6. The second-order valence-corrected chi connectivity index (χ2v) is 5.17. The van der Waals surface area contributed by atoms with Gasteiger partial charge in [-0.25, -0.2) is 13.8 Å².